The summed E-state index contributed by atoms with van der Waals surface area (Å²) in [6.07, 6.45) is 5.92. The van der Waals surface area contributed by atoms with Crippen LogP contribution in [0.3, 0.4) is 0 Å². The summed E-state index contributed by atoms with van der Waals surface area (Å²) in [5.41, 5.74) is 2.16. The van der Waals surface area contributed by atoms with E-state index in [1.165, 1.54) is 0 Å². The summed E-state index contributed by atoms with van der Waals surface area (Å²) in [6, 6.07) is 10.7. The third-order valence-electron chi connectivity index (χ3n) is 6.71. The summed E-state index contributed by atoms with van der Waals surface area (Å²) in [5.74, 6) is 2.01. The maximum absolute atomic E-state index is 12.3. The molecule has 5 heterocycles. The van der Waals surface area contributed by atoms with Gasteiger partial charge in [0.1, 0.15) is 0 Å². The highest BCUT2D eigenvalue weighted by Gasteiger charge is 2.35. The van der Waals surface area contributed by atoms with Gasteiger partial charge in [-0.05, 0) is 56.3 Å². The Morgan fingerprint density at radius 3 is 2.31 bits per heavy atom. The van der Waals surface area contributed by atoms with E-state index in [-0.39, 0.29) is 18.2 Å². The van der Waals surface area contributed by atoms with E-state index in [4.69, 9.17) is 19.7 Å². The van der Waals surface area contributed by atoms with E-state index < -0.39 is 0 Å². The lowest BCUT2D eigenvalue weighted by molar-refractivity contribution is 0.0299. The zero-order valence-corrected chi connectivity index (χ0v) is 20.2. The summed E-state index contributed by atoms with van der Waals surface area (Å²) >= 11 is 0. The molecule has 0 radical (unpaired) electrons. The molecule has 1 aromatic carbocycles. The number of likely N-dealkylation sites (N-methyl/N-ethyl adjacent to an activating group) is 1. The highest BCUT2D eigenvalue weighted by atomic mass is 16.5. The van der Waals surface area contributed by atoms with Crippen molar-refractivity contribution in [2.45, 2.75) is 25.0 Å². The molecule has 11 nitrogen and oxygen atoms in total. The summed E-state index contributed by atoms with van der Waals surface area (Å²) in [4.78, 5) is 37.6. The van der Waals surface area contributed by atoms with Gasteiger partial charge in [-0.3, -0.25) is 9.88 Å². The van der Waals surface area contributed by atoms with Crippen LogP contribution in [-0.4, -0.2) is 83.0 Å². The van der Waals surface area contributed by atoms with Crippen LogP contribution in [0.1, 0.15) is 12.8 Å². The second-order valence-corrected chi connectivity index (χ2v) is 9.50. The number of amides is 2. The molecule has 0 aliphatic carbocycles. The van der Waals surface area contributed by atoms with E-state index >= 15 is 0 Å². The molecule has 0 spiro atoms. The van der Waals surface area contributed by atoms with Crippen LogP contribution in [0, 0.1) is 0 Å². The van der Waals surface area contributed by atoms with Crippen LogP contribution in [0.5, 0.6) is 0 Å². The van der Waals surface area contributed by atoms with Gasteiger partial charge in [-0.1, -0.05) is 0 Å². The maximum Gasteiger partial charge on any atom is 0.323 e. The van der Waals surface area contributed by atoms with Crippen LogP contribution in [-0.2, 0) is 4.74 Å². The molecule has 3 fully saturated rings. The number of morpholine rings is 1. The SMILES string of the molecule is CN1CCN(c2nc(-c3ccc(NC(=O)Nc4cccnc4)cc3)nc(N3CC4CCC(C3)O4)n2)C1. The first-order chi connectivity index (χ1) is 17.6. The molecular formula is C25H29N9O2. The van der Waals surface area contributed by atoms with Crippen molar-refractivity contribution < 1.29 is 9.53 Å². The lowest BCUT2D eigenvalue weighted by atomic mass is 10.2. The van der Waals surface area contributed by atoms with Crippen LogP contribution < -0.4 is 20.4 Å². The maximum atomic E-state index is 12.3. The molecule has 3 aliphatic rings. The molecule has 3 aliphatic heterocycles. The molecular weight excluding hydrogens is 458 g/mol. The first-order valence-corrected chi connectivity index (χ1v) is 12.3. The topological polar surface area (TPSA) is 112 Å². The number of nitrogens with one attached hydrogen (secondary N) is 2. The quantitative estimate of drug-likeness (QED) is 0.561. The number of carbonyl (C=O) groups excluding carboxylic acids is 1. The van der Waals surface area contributed by atoms with E-state index in [2.05, 4.69) is 37.4 Å². The number of ether oxygens (including phenoxy) is 1. The molecule has 2 unspecified atom stereocenters. The molecule has 2 atom stereocenters. The number of urea groups is 1. The Morgan fingerprint density at radius 1 is 0.917 bits per heavy atom. The molecule has 3 aromatic rings. The molecule has 186 valence electrons. The fourth-order valence-electron chi connectivity index (χ4n) is 4.86. The van der Waals surface area contributed by atoms with Gasteiger partial charge in [0.25, 0.3) is 0 Å². The van der Waals surface area contributed by atoms with E-state index in [9.17, 15) is 4.79 Å². The van der Waals surface area contributed by atoms with Crippen LogP contribution in [0.15, 0.2) is 48.8 Å². The van der Waals surface area contributed by atoms with Gasteiger partial charge in [-0.2, -0.15) is 15.0 Å². The summed E-state index contributed by atoms with van der Waals surface area (Å²) < 4.78 is 6.02. The first-order valence-electron chi connectivity index (χ1n) is 12.3. The van der Waals surface area contributed by atoms with Crippen molar-refractivity contribution >= 4 is 29.3 Å². The number of rotatable bonds is 5. The third kappa shape index (κ3) is 4.93. The molecule has 2 bridgehead atoms. The summed E-state index contributed by atoms with van der Waals surface area (Å²) in [6.45, 7) is 4.23. The Balaban J connectivity index is 1.23. The van der Waals surface area contributed by atoms with Crippen LogP contribution in [0.2, 0.25) is 0 Å². The Hall–Kier alpha value is -3.83. The van der Waals surface area contributed by atoms with Gasteiger partial charge in [0.2, 0.25) is 11.9 Å². The van der Waals surface area contributed by atoms with Crippen molar-refractivity contribution in [1.82, 2.24) is 24.8 Å². The predicted molar refractivity (Wildman–Crippen MR) is 137 cm³/mol. The van der Waals surface area contributed by atoms with Gasteiger partial charge in [-0.15, -0.1) is 0 Å². The lowest BCUT2D eigenvalue weighted by Gasteiger charge is -2.32. The predicted octanol–water partition coefficient (Wildman–Crippen LogP) is 2.65. The van der Waals surface area contributed by atoms with E-state index in [0.29, 0.717) is 29.1 Å². The van der Waals surface area contributed by atoms with Crippen molar-refractivity contribution in [2.24, 2.45) is 0 Å². The van der Waals surface area contributed by atoms with Crippen molar-refractivity contribution in [2.75, 3.05) is 60.3 Å². The minimum absolute atomic E-state index is 0.244. The highest BCUT2D eigenvalue weighted by molar-refractivity contribution is 5.99. The fraction of sp³-hybridized carbons (Fsp3) is 0.400. The monoisotopic (exact) mass is 487 g/mol. The number of anilines is 4. The number of aromatic nitrogens is 4. The van der Waals surface area contributed by atoms with Crippen LogP contribution in [0.4, 0.5) is 28.1 Å². The second kappa shape index (κ2) is 9.67. The van der Waals surface area contributed by atoms with E-state index in [1.54, 1.807) is 24.5 Å². The van der Waals surface area contributed by atoms with Crippen molar-refractivity contribution in [3.63, 3.8) is 0 Å². The van der Waals surface area contributed by atoms with Gasteiger partial charge in [0.15, 0.2) is 5.82 Å². The standard InChI is InChI=1S/C25H29N9O2/c1-32-11-12-33(16-32)23-29-22(30-24(31-23)34-14-20-8-9-21(15-34)36-20)17-4-6-18(7-5-17)27-25(35)28-19-3-2-10-26-13-19/h2-7,10,13,20-21H,8-9,11-12,14-16H2,1H3,(H2,27,28,35). The number of hydrogen-bond donors (Lipinski definition) is 2. The molecule has 6 rings (SSSR count). The average molecular weight is 488 g/mol. The van der Waals surface area contributed by atoms with Crippen LogP contribution in [0.25, 0.3) is 11.4 Å². The van der Waals surface area contributed by atoms with Gasteiger partial charge in [0.05, 0.1) is 30.8 Å². The highest BCUT2D eigenvalue weighted by Crippen LogP contribution is 2.30. The van der Waals surface area contributed by atoms with E-state index in [0.717, 1.165) is 51.3 Å². The fourth-order valence-corrected chi connectivity index (χ4v) is 4.86. The Morgan fingerprint density at radius 2 is 1.64 bits per heavy atom. The first kappa shape index (κ1) is 22.6. The second-order valence-electron chi connectivity index (χ2n) is 9.50. The smallest absolute Gasteiger partial charge is 0.323 e. The minimum atomic E-state index is -0.333. The molecule has 0 saturated carbocycles. The normalized spacial score (nSPS) is 21.6. The molecule has 2 aromatic heterocycles. The third-order valence-corrected chi connectivity index (χ3v) is 6.71. The van der Waals surface area contributed by atoms with Crippen molar-refractivity contribution in [3.05, 3.63) is 48.8 Å². The number of nitrogens with zero attached hydrogens (tertiary/aromatic N) is 7. The van der Waals surface area contributed by atoms with Crippen molar-refractivity contribution in [1.29, 1.82) is 0 Å². The molecule has 3 saturated heterocycles. The van der Waals surface area contributed by atoms with Gasteiger partial charge in [0, 0.05) is 43.6 Å². The molecule has 2 N–H and O–H groups in total. The largest absolute Gasteiger partial charge is 0.371 e. The van der Waals surface area contributed by atoms with E-state index in [1.807, 2.05) is 24.3 Å². The molecule has 36 heavy (non-hydrogen) atoms. The number of pyridine rings is 1. The Kier molecular flexibility index (Phi) is 6.08. The van der Waals surface area contributed by atoms with Gasteiger partial charge in [-0.25, -0.2) is 4.79 Å². The Bertz CT molecular complexity index is 1210. The zero-order chi connectivity index (χ0) is 24.5. The average Bonchev–Trinajstić information content (AvgIpc) is 3.48. The summed E-state index contributed by atoms with van der Waals surface area (Å²) in [7, 11) is 2.10. The zero-order valence-electron chi connectivity index (χ0n) is 20.2. The number of fused-ring (bicyclic) bond motifs is 2. The summed E-state index contributed by atoms with van der Waals surface area (Å²) in [5, 5.41) is 5.61. The minimum Gasteiger partial charge on any atom is -0.371 e. The number of hydrogen-bond acceptors (Lipinski definition) is 9. The Labute approximate surface area is 209 Å². The number of carbonyl (C=O) groups is 1. The lowest BCUT2D eigenvalue weighted by Crippen LogP contribution is -2.43. The van der Waals surface area contributed by atoms with Gasteiger partial charge >= 0.3 is 6.03 Å². The van der Waals surface area contributed by atoms with Crippen LogP contribution >= 0.6 is 0 Å². The number of benzene rings is 1. The molecule has 11 heteroatoms. The van der Waals surface area contributed by atoms with Crippen molar-refractivity contribution in [3.8, 4) is 11.4 Å². The molecule has 2 amide bonds. The van der Waals surface area contributed by atoms with Gasteiger partial charge < -0.3 is 25.2 Å².